The number of nitriles is 1. The number of rotatable bonds is 5. The first kappa shape index (κ1) is 18.6. The van der Waals surface area contributed by atoms with Gasteiger partial charge >= 0.3 is 0 Å². The van der Waals surface area contributed by atoms with Gasteiger partial charge in [-0.15, -0.1) is 0 Å². The topological polar surface area (TPSA) is 105 Å². The molecule has 0 saturated carbocycles. The predicted octanol–water partition coefficient (Wildman–Crippen LogP) is 3.73. The summed E-state index contributed by atoms with van der Waals surface area (Å²) in [5, 5.41) is 9.67. The summed E-state index contributed by atoms with van der Waals surface area (Å²) in [6, 6.07) is 9.39. The molecule has 0 spiro atoms. The average molecular weight is 405 g/mol. The first-order chi connectivity index (χ1) is 12.9. The molecule has 7 nitrogen and oxygen atoms in total. The van der Waals surface area contributed by atoms with Crippen molar-refractivity contribution in [3.8, 4) is 17.6 Å². The van der Waals surface area contributed by atoms with E-state index in [2.05, 4.69) is 14.7 Å². The van der Waals surface area contributed by atoms with Crippen LogP contribution >= 0.6 is 11.6 Å². The summed E-state index contributed by atoms with van der Waals surface area (Å²) < 4.78 is 45.5. The Morgan fingerprint density at radius 2 is 1.96 bits per heavy atom. The van der Waals surface area contributed by atoms with Gasteiger partial charge in [-0.2, -0.15) is 5.26 Å². The lowest BCUT2D eigenvalue weighted by Gasteiger charge is -2.10. The van der Waals surface area contributed by atoms with Crippen LogP contribution in [0.25, 0.3) is 0 Å². The average Bonchev–Trinajstić information content (AvgIpc) is 2.64. The highest BCUT2D eigenvalue weighted by molar-refractivity contribution is 7.92. The Labute approximate surface area is 159 Å². The fourth-order valence-corrected chi connectivity index (χ4v) is 3.26. The Hall–Kier alpha value is -3.22. The van der Waals surface area contributed by atoms with Gasteiger partial charge in [-0.25, -0.2) is 17.8 Å². The van der Waals surface area contributed by atoms with Crippen molar-refractivity contribution in [2.75, 3.05) is 4.72 Å². The highest BCUT2D eigenvalue weighted by Crippen LogP contribution is 2.28. The fourth-order valence-electron chi connectivity index (χ4n) is 2.06. The van der Waals surface area contributed by atoms with E-state index in [1.54, 1.807) is 0 Å². The highest BCUT2D eigenvalue weighted by atomic mass is 35.5. The van der Waals surface area contributed by atoms with E-state index in [-0.39, 0.29) is 22.0 Å². The zero-order chi connectivity index (χ0) is 19.4. The normalized spacial score (nSPS) is 10.9. The van der Waals surface area contributed by atoms with E-state index in [0.717, 1.165) is 18.3 Å². The first-order valence-corrected chi connectivity index (χ1v) is 9.20. The number of hydrogen-bond acceptors (Lipinski definition) is 6. The summed E-state index contributed by atoms with van der Waals surface area (Å²) >= 11 is 5.83. The smallest absolute Gasteiger partial charge is 0.263 e. The number of hydrogen-bond donors (Lipinski definition) is 1. The van der Waals surface area contributed by atoms with Crippen molar-refractivity contribution in [2.45, 2.75) is 4.90 Å². The summed E-state index contributed by atoms with van der Waals surface area (Å²) in [5.74, 6) is -0.217. The first-order valence-electron chi connectivity index (χ1n) is 7.34. The Kier molecular flexibility index (Phi) is 5.21. The van der Waals surface area contributed by atoms with Crippen LogP contribution in [0.15, 0.2) is 59.9 Å². The second-order valence-corrected chi connectivity index (χ2v) is 7.30. The zero-order valence-electron chi connectivity index (χ0n) is 13.4. The van der Waals surface area contributed by atoms with E-state index in [0.29, 0.717) is 10.8 Å². The lowest BCUT2D eigenvalue weighted by Crippen LogP contribution is -2.14. The summed E-state index contributed by atoms with van der Waals surface area (Å²) in [5.41, 5.74) is -0.00934. The Bertz CT molecular complexity index is 1130. The molecule has 27 heavy (non-hydrogen) atoms. The van der Waals surface area contributed by atoms with Crippen LogP contribution in [-0.4, -0.2) is 18.4 Å². The zero-order valence-corrected chi connectivity index (χ0v) is 15.0. The van der Waals surface area contributed by atoms with Gasteiger partial charge in [-0.1, -0.05) is 11.6 Å². The second kappa shape index (κ2) is 7.57. The van der Waals surface area contributed by atoms with Crippen molar-refractivity contribution in [2.24, 2.45) is 0 Å². The number of nitrogens with one attached hydrogen (secondary N) is 1. The van der Waals surface area contributed by atoms with E-state index < -0.39 is 15.8 Å². The number of anilines is 1. The molecule has 0 atom stereocenters. The van der Waals surface area contributed by atoms with Crippen LogP contribution in [0.5, 0.6) is 11.5 Å². The van der Waals surface area contributed by atoms with E-state index >= 15 is 0 Å². The number of nitrogens with zero attached hydrogens (tertiary/aromatic N) is 3. The van der Waals surface area contributed by atoms with E-state index in [4.69, 9.17) is 16.3 Å². The number of benzene rings is 1. The molecule has 1 aromatic carbocycles. The van der Waals surface area contributed by atoms with Gasteiger partial charge in [0.25, 0.3) is 10.0 Å². The van der Waals surface area contributed by atoms with Crippen molar-refractivity contribution in [3.05, 3.63) is 71.4 Å². The number of ether oxygens (including phenoxy) is 1. The largest absolute Gasteiger partial charge is 0.454 e. The van der Waals surface area contributed by atoms with Gasteiger partial charge < -0.3 is 4.74 Å². The van der Waals surface area contributed by atoms with Gasteiger partial charge in [0.15, 0.2) is 0 Å². The van der Waals surface area contributed by atoms with Crippen LogP contribution in [0.4, 0.5) is 10.2 Å². The lowest BCUT2D eigenvalue weighted by molar-refractivity contribution is 0.478. The van der Waals surface area contributed by atoms with E-state index in [1.807, 2.05) is 6.07 Å². The summed E-state index contributed by atoms with van der Waals surface area (Å²) in [4.78, 5) is 7.33. The third kappa shape index (κ3) is 4.49. The monoisotopic (exact) mass is 404 g/mol. The molecule has 0 amide bonds. The van der Waals surface area contributed by atoms with Crippen LogP contribution in [-0.2, 0) is 10.0 Å². The molecule has 0 fully saturated rings. The van der Waals surface area contributed by atoms with Crippen molar-refractivity contribution >= 4 is 27.4 Å². The maximum Gasteiger partial charge on any atom is 0.263 e. The molecule has 3 rings (SSSR count). The van der Waals surface area contributed by atoms with E-state index in [1.165, 1.54) is 36.7 Å². The Morgan fingerprint density at radius 1 is 1.15 bits per heavy atom. The standard InChI is InChI=1S/C17H10ClFN4O3S/c18-12-6-14(10-21-8-12)26-16-3-2-15(5-11(16)7-20)27(24,25)23-17-4-1-13(19)9-22-17/h1-6,8-10H,(H,22,23). The summed E-state index contributed by atoms with van der Waals surface area (Å²) in [7, 11) is -4.03. The van der Waals surface area contributed by atoms with Crippen molar-refractivity contribution in [3.63, 3.8) is 0 Å². The van der Waals surface area contributed by atoms with Crippen LogP contribution in [0.2, 0.25) is 5.02 Å². The maximum absolute atomic E-state index is 12.9. The molecule has 0 aliphatic heterocycles. The molecule has 10 heteroatoms. The van der Waals surface area contributed by atoms with Crippen LogP contribution < -0.4 is 9.46 Å². The van der Waals surface area contributed by atoms with E-state index in [9.17, 15) is 18.1 Å². The molecule has 2 heterocycles. The highest BCUT2D eigenvalue weighted by Gasteiger charge is 2.18. The van der Waals surface area contributed by atoms with Gasteiger partial charge in [-0.05, 0) is 30.3 Å². The number of halogens is 2. The minimum absolute atomic E-state index is 0.00934. The van der Waals surface area contributed by atoms with Crippen molar-refractivity contribution < 1.29 is 17.5 Å². The fraction of sp³-hybridized carbons (Fsp3) is 0. The van der Waals surface area contributed by atoms with Crippen LogP contribution in [0.1, 0.15) is 5.56 Å². The summed E-state index contributed by atoms with van der Waals surface area (Å²) in [6.07, 6.45) is 3.71. The number of aromatic nitrogens is 2. The van der Waals surface area contributed by atoms with Crippen molar-refractivity contribution in [1.29, 1.82) is 5.26 Å². The second-order valence-electron chi connectivity index (χ2n) is 5.18. The third-order valence-electron chi connectivity index (χ3n) is 3.26. The number of pyridine rings is 2. The van der Waals surface area contributed by atoms with Gasteiger partial charge in [0.2, 0.25) is 0 Å². The SMILES string of the molecule is N#Cc1cc(S(=O)(=O)Nc2ccc(F)cn2)ccc1Oc1cncc(Cl)c1. The van der Waals surface area contributed by atoms with Crippen LogP contribution in [0, 0.1) is 17.1 Å². The molecular weight excluding hydrogens is 395 g/mol. The Morgan fingerprint density at radius 3 is 2.63 bits per heavy atom. The molecule has 3 aromatic rings. The molecule has 2 aromatic heterocycles. The molecule has 0 radical (unpaired) electrons. The summed E-state index contributed by atoms with van der Waals surface area (Å²) in [6.45, 7) is 0. The van der Waals surface area contributed by atoms with Gasteiger partial charge in [0.1, 0.15) is 29.2 Å². The van der Waals surface area contributed by atoms with Gasteiger partial charge in [0, 0.05) is 12.3 Å². The lowest BCUT2D eigenvalue weighted by atomic mass is 10.2. The molecule has 0 saturated heterocycles. The third-order valence-corrected chi connectivity index (χ3v) is 4.81. The van der Waals surface area contributed by atoms with Gasteiger partial charge in [-0.3, -0.25) is 9.71 Å². The maximum atomic E-state index is 12.9. The minimum atomic E-state index is -4.03. The molecule has 0 bridgehead atoms. The van der Waals surface area contributed by atoms with Crippen LogP contribution in [0.3, 0.4) is 0 Å². The molecule has 136 valence electrons. The van der Waals surface area contributed by atoms with Gasteiger partial charge in [0.05, 0.1) is 27.9 Å². The van der Waals surface area contributed by atoms with Crippen molar-refractivity contribution in [1.82, 2.24) is 9.97 Å². The quantitative estimate of drug-likeness (QED) is 0.694. The molecular formula is C17H10ClFN4O3S. The minimum Gasteiger partial charge on any atom is -0.454 e. The molecule has 0 unspecified atom stereocenters. The predicted molar refractivity (Wildman–Crippen MR) is 95.5 cm³/mol. The molecule has 1 N–H and O–H groups in total. The molecule has 0 aliphatic carbocycles. The molecule has 0 aliphatic rings. The number of sulfonamides is 1. The Balaban J connectivity index is 1.89.